The van der Waals surface area contributed by atoms with E-state index in [1.54, 1.807) is 11.3 Å². The topological polar surface area (TPSA) is 49.7 Å². The monoisotopic (exact) mass is 309 g/mol. The zero-order valence-electron chi connectivity index (χ0n) is 11.6. The third-order valence-electron chi connectivity index (χ3n) is 3.58. The smallest absolute Gasteiger partial charge is 0.195 e. The number of anilines is 1. The second-order valence-electron chi connectivity index (χ2n) is 5.06. The average molecular weight is 309 g/mol. The molecule has 0 unspecified atom stereocenters. The van der Waals surface area contributed by atoms with E-state index >= 15 is 0 Å². The van der Waals surface area contributed by atoms with Gasteiger partial charge in [-0.15, -0.1) is 0 Å². The number of hydrogen-bond donors (Lipinski definition) is 1. The van der Waals surface area contributed by atoms with Gasteiger partial charge in [0.1, 0.15) is 0 Å². The lowest BCUT2D eigenvalue weighted by Crippen LogP contribution is -2.16. The van der Waals surface area contributed by atoms with Crippen LogP contribution in [0.3, 0.4) is 0 Å². The quantitative estimate of drug-likeness (QED) is 0.859. The summed E-state index contributed by atoms with van der Waals surface area (Å²) < 4.78 is 2.78. The van der Waals surface area contributed by atoms with Crippen LogP contribution in [-0.4, -0.2) is 32.8 Å². The van der Waals surface area contributed by atoms with E-state index in [1.165, 1.54) is 12.8 Å². The van der Waals surface area contributed by atoms with Crippen molar-refractivity contribution in [1.82, 2.24) is 19.7 Å². The Morgan fingerprint density at radius 2 is 2.20 bits per heavy atom. The van der Waals surface area contributed by atoms with Gasteiger partial charge in [-0.1, -0.05) is 24.7 Å². The van der Waals surface area contributed by atoms with E-state index in [0.29, 0.717) is 4.77 Å². The molecule has 0 amide bonds. The Morgan fingerprint density at radius 3 is 2.95 bits per heavy atom. The van der Waals surface area contributed by atoms with Crippen molar-refractivity contribution in [2.45, 2.75) is 39.2 Å². The Hall–Kier alpha value is -1.21. The van der Waals surface area contributed by atoms with Gasteiger partial charge >= 0.3 is 0 Å². The van der Waals surface area contributed by atoms with Crippen LogP contribution in [0.25, 0.3) is 10.7 Å². The van der Waals surface area contributed by atoms with E-state index in [1.807, 2.05) is 6.20 Å². The van der Waals surface area contributed by atoms with E-state index in [2.05, 4.69) is 31.6 Å². The molecule has 1 aliphatic heterocycles. The second kappa shape index (κ2) is 6.05. The minimum Gasteiger partial charge on any atom is -0.348 e. The molecule has 2 aromatic heterocycles. The lowest BCUT2D eigenvalue weighted by Gasteiger charge is -2.12. The van der Waals surface area contributed by atoms with Crippen LogP contribution in [0.15, 0.2) is 6.20 Å². The van der Waals surface area contributed by atoms with E-state index in [4.69, 9.17) is 12.2 Å². The SMILES string of the molecule is CCCCn1c(-c2cnc(N3CCCC3)s2)n[nH]c1=S. The maximum atomic E-state index is 5.32. The zero-order chi connectivity index (χ0) is 13.9. The molecule has 1 aliphatic rings. The average Bonchev–Trinajstić information content (AvgIpc) is 3.16. The van der Waals surface area contributed by atoms with Crippen molar-refractivity contribution in [3.05, 3.63) is 11.0 Å². The van der Waals surface area contributed by atoms with Crippen LogP contribution in [0, 0.1) is 4.77 Å². The summed E-state index contributed by atoms with van der Waals surface area (Å²) in [6, 6.07) is 0. The fourth-order valence-corrected chi connectivity index (χ4v) is 3.64. The molecule has 1 saturated heterocycles. The highest BCUT2D eigenvalue weighted by Crippen LogP contribution is 2.31. The number of aromatic nitrogens is 4. The molecule has 1 fully saturated rings. The Morgan fingerprint density at radius 1 is 1.40 bits per heavy atom. The Bertz CT molecular complexity index is 621. The highest BCUT2D eigenvalue weighted by atomic mass is 32.1. The van der Waals surface area contributed by atoms with E-state index < -0.39 is 0 Å². The van der Waals surface area contributed by atoms with E-state index in [9.17, 15) is 0 Å². The van der Waals surface area contributed by atoms with Gasteiger partial charge < -0.3 is 4.90 Å². The molecule has 0 saturated carbocycles. The van der Waals surface area contributed by atoms with Gasteiger partial charge in [0.2, 0.25) is 0 Å². The van der Waals surface area contributed by atoms with Crippen molar-refractivity contribution in [2.75, 3.05) is 18.0 Å². The molecule has 0 radical (unpaired) electrons. The summed E-state index contributed by atoms with van der Waals surface area (Å²) in [6.07, 6.45) is 6.71. The molecule has 108 valence electrons. The first-order chi connectivity index (χ1) is 9.79. The van der Waals surface area contributed by atoms with Gasteiger partial charge in [0, 0.05) is 19.6 Å². The molecule has 3 heterocycles. The number of unbranched alkanes of at least 4 members (excludes halogenated alkanes) is 1. The van der Waals surface area contributed by atoms with E-state index in [-0.39, 0.29) is 0 Å². The first kappa shape index (κ1) is 13.8. The predicted octanol–water partition coefficient (Wildman–Crippen LogP) is 3.46. The summed E-state index contributed by atoms with van der Waals surface area (Å²) >= 11 is 7.03. The van der Waals surface area contributed by atoms with Gasteiger partial charge in [-0.25, -0.2) is 4.98 Å². The van der Waals surface area contributed by atoms with Gasteiger partial charge in [0.05, 0.1) is 11.1 Å². The Kier molecular flexibility index (Phi) is 4.16. The molecule has 0 aromatic carbocycles. The van der Waals surface area contributed by atoms with Gasteiger partial charge in [-0.2, -0.15) is 5.10 Å². The van der Waals surface area contributed by atoms with Crippen molar-refractivity contribution in [2.24, 2.45) is 0 Å². The maximum Gasteiger partial charge on any atom is 0.195 e. The number of H-pyrrole nitrogens is 1. The highest BCUT2D eigenvalue weighted by molar-refractivity contribution is 7.71. The molecule has 20 heavy (non-hydrogen) atoms. The molecule has 2 aromatic rings. The molecule has 0 aliphatic carbocycles. The number of nitrogens with one attached hydrogen (secondary N) is 1. The van der Waals surface area contributed by atoms with Gasteiger partial charge in [-0.3, -0.25) is 9.67 Å². The molecular weight excluding hydrogens is 290 g/mol. The summed E-state index contributed by atoms with van der Waals surface area (Å²) in [6.45, 7) is 5.34. The standard InChI is InChI=1S/C13H19N5S2/c1-2-3-8-18-11(15-16-12(18)19)10-9-14-13(20-10)17-6-4-5-7-17/h9H,2-8H2,1H3,(H,16,19). The molecule has 3 rings (SSSR count). The third kappa shape index (κ3) is 2.64. The second-order valence-corrected chi connectivity index (χ2v) is 6.45. The van der Waals surface area contributed by atoms with Gasteiger partial charge in [0.25, 0.3) is 0 Å². The van der Waals surface area contributed by atoms with Crippen LogP contribution in [0.5, 0.6) is 0 Å². The molecule has 1 N–H and O–H groups in total. The van der Waals surface area contributed by atoms with Crippen LogP contribution in [0.2, 0.25) is 0 Å². The van der Waals surface area contributed by atoms with Crippen LogP contribution in [-0.2, 0) is 6.54 Å². The minimum absolute atomic E-state index is 0.699. The lowest BCUT2D eigenvalue weighted by molar-refractivity contribution is 0.629. The third-order valence-corrected chi connectivity index (χ3v) is 4.95. The van der Waals surface area contributed by atoms with Gasteiger partial charge in [-0.05, 0) is 31.5 Å². The lowest BCUT2D eigenvalue weighted by atomic mass is 10.3. The van der Waals surface area contributed by atoms with E-state index in [0.717, 1.165) is 48.3 Å². The largest absolute Gasteiger partial charge is 0.348 e. The van der Waals surface area contributed by atoms with Crippen LogP contribution >= 0.6 is 23.6 Å². The zero-order valence-corrected chi connectivity index (χ0v) is 13.3. The summed E-state index contributed by atoms with van der Waals surface area (Å²) in [7, 11) is 0. The summed E-state index contributed by atoms with van der Waals surface area (Å²) in [5, 5.41) is 8.39. The van der Waals surface area contributed by atoms with Crippen molar-refractivity contribution in [1.29, 1.82) is 0 Å². The minimum atomic E-state index is 0.699. The summed E-state index contributed by atoms with van der Waals surface area (Å²) in [4.78, 5) is 7.99. The number of hydrogen-bond acceptors (Lipinski definition) is 5. The molecule has 5 nitrogen and oxygen atoms in total. The molecule has 0 atom stereocenters. The predicted molar refractivity (Wildman–Crippen MR) is 84.9 cm³/mol. The number of aromatic amines is 1. The molecule has 0 spiro atoms. The fourth-order valence-electron chi connectivity index (χ4n) is 2.45. The van der Waals surface area contributed by atoms with Crippen molar-refractivity contribution in [3.8, 4) is 10.7 Å². The van der Waals surface area contributed by atoms with Crippen LogP contribution in [0.4, 0.5) is 5.13 Å². The fraction of sp³-hybridized carbons (Fsp3) is 0.615. The normalized spacial score (nSPS) is 15.2. The number of rotatable bonds is 5. The van der Waals surface area contributed by atoms with Crippen LogP contribution < -0.4 is 4.90 Å². The molecular formula is C13H19N5S2. The Balaban J connectivity index is 1.87. The highest BCUT2D eigenvalue weighted by Gasteiger charge is 2.18. The number of nitrogens with zero attached hydrogens (tertiary/aromatic N) is 4. The van der Waals surface area contributed by atoms with Crippen molar-refractivity contribution in [3.63, 3.8) is 0 Å². The first-order valence-corrected chi connectivity index (χ1v) is 8.38. The first-order valence-electron chi connectivity index (χ1n) is 7.16. The Labute approximate surface area is 127 Å². The molecule has 7 heteroatoms. The van der Waals surface area contributed by atoms with Crippen molar-refractivity contribution >= 4 is 28.7 Å². The maximum absolute atomic E-state index is 5.32. The summed E-state index contributed by atoms with van der Waals surface area (Å²) in [5.41, 5.74) is 0. The number of thiazole rings is 1. The van der Waals surface area contributed by atoms with Gasteiger partial charge in [0.15, 0.2) is 15.7 Å². The van der Waals surface area contributed by atoms with Crippen molar-refractivity contribution < 1.29 is 0 Å². The summed E-state index contributed by atoms with van der Waals surface area (Å²) in [5.74, 6) is 0.923. The molecule has 0 bridgehead atoms. The van der Waals surface area contributed by atoms with Crippen LogP contribution in [0.1, 0.15) is 32.6 Å².